The first-order valence-corrected chi connectivity index (χ1v) is 10.6. The van der Waals surface area contributed by atoms with Crippen LogP contribution in [-0.2, 0) is 7.05 Å². The second kappa shape index (κ2) is 8.47. The van der Waals surface area contributed by atoms with Gasteiger partial charge in [-0.1, -0.05) is 5.16 Å². The topological polar surface area (TPSA) is 107 Å². The predicted molar refractivity (Wildman–Crippen MR) is 123 cm³/mol. The zero-order chi connectivity index (χ0) is 22.9. The minimum absolute atomic E-state index is 0.117. The van der Waals surface area contributed by atoms with Gasteiger partial charge in [0.2, 0.25) is 0 Å². The Bertz CT molecular complexity index is 1430. The quantitative estimate of drug-likeness (QED) is 0.343. The Morgan fingerprint density at radius 1 is 1.15 bits per heavy atom. The number of methoxy groups -OCH3 is 1. The zero-order valence-electron chi connectivity index (χ0n) is 17.9. The maximum atomic E-state index is 15.0. The van der Waals surface area contributed by atoms with Gasteiger partial charge in [-0.3, -0.25) is 9.08 Å². The summed E-state index contributed by atoms with van der Waals surface area (Å²) in [6, 6.07) is 3.23. The highest BCUT2D eigenvalue weighted by Crippen LogP contribution is 2.37. The van der Waals surface area contributed by atoms with Gasteiger partial charge in [-0.05, 0) is 24.1 Å². The van der Waals surface area contributed by atoms with E-state index in [0.29, 0.717) is 39.7 Å². The second-order valence-corrected chi connectivity index (χ2v) is 7.95. The van der Waals surface area contributed by atoms with Crippen molar-refractivity contribution in [2.24, 2.45) is 7.05 Å². The van der Waals surface area contributed by atoms with Crippen molar-refractivity contribution in [1.29, 1.82) is 0 Å². The molecule has 0 saturated carbocycles. The van der Waals surface area contributed by atoms with Crippen LogP contribution in [0.25, 0.3) is 28.2 Å². The van der Waals surface area contributed by atoms with Crippen LogP contribution in [-0.4, -0.2) is 43.5 Å². The van der Waals surface area contributed by atoms with E-state index in [-0.39, 0.29) is 5.75 Å². The summed E-state index contributed by atoms with van der Waals surface area (Å²) < 4.78 is 32.0. The molecule has 10 nitrogen and oxygen atoms in total. The number of anilines is 2. The van der Waals surface area contributed by atoms with E-state index in [2.05, 4.69) is 30.3 Å². The molecule has 33 heavy (non-hydrogen) atoms. The monoisotopic (exact) mass is 466 g/mol. The minimum atomic E-state index is -0.499. The van der Waals surface area contributed by atoms with Gasteiger partial charge in [-0.15, -0.1) is 0 Å². The van der Waals surface area contributed by atoms with Crippen LogP contribution in [0.15, 0.2) is 58.8 Å². The summed E-state index contributed by atoms with van der Waals surface area (Å²) in [5.74, 6) is 0.188. The molecule has 4 aromatic heterocycles. The molecular formula is C21H19FN8O2S. The molecule has 1 aromatic carbocycles. The van der Waals surface area contributed by atoms with Crippen LogP contribution in [0.2, 0.25) is 0 Å². The Labute approximate surface area is 191 Å². The molecule has 0 radical (unpaired) electrons. The van der Waals surface area contributed by atoms with E-state index in [0.717, 1.165) is 4.90 Å². The van der Waals surface area contributed by atoms with E-state index in [1.54, 1.807) is 30.3 Å². The van der Waals surface area contributed by atoms with Crippen molar-refractivity contribution in [3.05, 3.63) is 55.2 Å². The highest BCUT2D eigenvalue weighted by atomic mass is 32.2. The van der Waals surface area contributed by atoms with Crippen molar-refractivity contribution in [2.45, 2.75) is 4.90 Å². The number of benzene rings is 1. The number of hydrogen-bond donors (Lipinski definition) is 2. The van der Waals surface area contributed by atoms with Crippen molar-refractivity contribution >= 4 is 29.1 Å². The molecule has 12 heteroatoms. The number of nitrogens with zero attached hydrogens (tertiary/aromatic N) is 6. The maximum Gasteiger partial charge on any atom is 0.180 e. The van der Waals surface area contributed by atoms with E-state index >= 15 is 4.39 Å². The van der Waals surface area contributed by atoms with Crippen LogP contribution in [0.1, 0.15) is 0 Å². The van der Waals surface area contributed by atoms with Crippen LogP contribution in [0.4, 0.5) is 15.9 Å². The Balaban J connectivity index is 1.60. The number of imidazole rings is 1. The average molecular weight is 467 g/mol. The fraction of sp³-hybridized carbons (Fsp3) is 0.143. The van der Waals surface area contributed by atoms with Crippen LogP contribution >= 0.6 is 11.9 Å². The maximum absolute atomic E-state index is 15.0. The third kappa shape index (κ3) is 3.84. The van der Waals surface area contributed by atoms with Crippen molar-refractivity contribution in [3.63, 3.8) is 0 Å². The normalized spacial score (nSPS) is 11.2. The summed E-state index contributed by atoms with van der Waals surface area (Å²) in [7, 11) is 5.03. The van der Waals surface area contributed by atoms with Crippen molar-refractivity contribution in [3.8, 4) is 28.3 Å². The number of rotatable bonds is 7. The molecule has 168 valence electrons. The van der Waals surface area contributed by atoms with Gasteiger partial charge in [0.1, 0.15) is 6.26 Å². The summed E-state index contributed by atoms with van der Waals surface area (Å²) in [5.41, 5.74) is 3.72. The Morgan fingerprint density at radius 2 is 2.03 bits per heavy atom. The Kier molecular flexibility index (Phi) is 5.34. The fourth-order valence-corrected chi connectivity index (χ4v) is 4.11. The SMILES string of the molecule is CNc1nc(-c2cnoc2)cn2c(-c3cc(F)c(OC)c(NSc4cnn(C)c4)c3)cnc12. The third-order valence-electron chi connectivity index (χ3n) is 4.96. The van der Waals surface area contributed by atoms with E-state index < -0.39 is 5.82 Å². The summed E-state index contributed by atoms with van der Waals surface area (Å²) in [6.45, 7) is 0. The molecule has 0 atom stereocenters. The van der Waals surface area contributed by atoms with Gasteiger partial charge in [0, 0.05) is 32.1 Å². The van der Waals surface area contributed by atoms with Gasteiger partial charge in [0.25, 0.3) is 0 Å². The van der Waals surface area contributed by atoms with Crippen molar-refractivity contribution < 1.29 is 13.7 Å². The Morgan fingerprint density at radius 3 is 2.73 bits per heavy atom. The van der Waals surface area contributed by atoms with E-state index in [1.165, 1.54) is 31.4 Å². The molecule has 5 aromatic rings. The molecule has 2 N–H and O–H groups in total. The second-order valence-electron chi connectivity index (χ2n) is 7.07. The lowest BCUT2D eigenvalue weighted by atomic mass is 10.1. The molecule has 0 bridgehead atoms. The number of aryl methyl sites for hydroxylation is 1. The van der Waals surface area contributed by atoms with Gasteiger partial charge in [0.15, 0.2) is 23.0 Å². The molecule has 0 aliphatic carbocycles. The lowest BCUT2D eigenvalue weighted by molar-refractivity contribution is 0.389. The molecule has 5 rings (SSSR count). The van der Waals surface area contributed by atoms with Crippen LogP contribution < -0.4 is 14.8 Å². The van der Waals surface area contributed by atoms with Crippen LogP contribution in [0.5, 0.6) is 5.75 Å². The number of fused-ring (bicyclic) bond motifs is 1. The standard InChI is InChI=1S/C21H19FN8O2S/c1-23-20-21-24-8-18(30(21)10-17(27-20)13-6-26-32-11-13)12-4-15(22)19(31-3)16(5-12)28-33-14-7-25-29(2)9-14/h4-11,28H,1-3H3,(H,23,27). The summed E-state index contributed by atoms with van der Waals surface area (Å²) in [5, 5.41) is 10.9. The lowest BCUT2D eigenvalue weighted by Crippen LogP contribution is -2.01. The highest BCUT2D eigenvalue weighted by molar-refractivity contribution is 8.00. The largest absolute Gasteiger partial charge is 0.492 e. The molecular weight excluding hydrogens is 447 g/mol. The number of ether oxygens (including phenoxy) is 1. The van der Waals surface area contributed by atoms with Gasteiger partial charge >= 0.3 is 0 Å². The molecule has 0 fully saturated rings. The number of hydrogen-bond acceptors (Lipinski definition) is 9. The molecule has 0 spiro atoms. The van der Waals surface area contributed by atoms with Crippen LogP contribution in [0, 0.1) is 5.82 Å². The first-order valence-electron chi connectivity index (χ1n) is 9.82. The van der Waals surface area contributed by atoms with E-state index in [1.807, 2.05) is 29.9 Å². The first kappa shape index (κ1) is 20.8. The number of halogens is 1. The van der Waals surface area contributed by atoms with Gasteiger partial charge < -0.3 is 19.3 Å². The van der Waals surface area contributed by atoms with Crippen LogP contribution in [0.3, 0.4) is 0 Å². The number of aromatic nitrogens is 6. The average Bonchev–Trinajstić information content (AvgIpc) is 3.57. The molecule has 0 unspecified atom stereocenters. The third-order valence-corrected chi connectivity index (χ3v) is 5.73. The first-order chi connectivity index (χ1) is 16.1. The molecule has 0 saturated heterocycles. The summed E-state index contributed by atoms with van der Waals surface area (Å²) >= 11 is 1.31. The van der Waals surface area contributed by atoms with Gasteiger partial charge in [0.05, 0.1) is 53.2 Å². The molecule has 0 amide bonds. The van der Waals surface area contributed by atoms with Crippen molar-refractivity contribution in [2.75, 3.05) is 24.2 Å². The van der Waals surface area contributed by atoms with E-state index in [9.17, 15) is 0 Å². The van der Waals surface area contributed by atoms with E-state index in [4.69, 9.17) is 9.26 Å². The van der Waals surface area contributed by atoms with Crippen molar-refractivity contribution in [1.82, 2.24) is 29.3 Å². The molecule has 0 aliphatic rings. The fourth-order valence-electron chi connectivity index (χ4n) is 3.43. The molecule has 0 aliphatic heterocycles. The smallest absolute Gasteiger partial charge is 0.180 e. The number of nitrogens with one attached hydrogen (secondary N) is 2. The summed E-state index contributed by atoms with van der Waals surface area (Å²) in [4.78, 5) is 9.96. The predicted octanol–water partition coefficient (Wildman–Crippen LogP) is 4.09. The Hall–Kier alpha value is -4.06. The molecule has 4 heterocycles. The highest BCUT2D eigenvalue weighted by Gasteiger charge is 2.18. The zero-order valence-corrected chi connectivity index (χ0v) is 18.7. The van der Waals surface area contributed by atoms with Gasteiger partial charge in [-0.2, -0.15) is 5.10 Å². The van der Waals surface area contributed by atoms with Gasteiger partial charge in [-0.25, -0.2) is 14.4 Å². The summed E-state index contributed by atoms with van der Waals surface area (Å²) in [6.07, 6.45) is 10.1. The minimum Gasteiger partial charge on any atom is -0.492 e. The lowest BCUT2D eigenvalue weighted by Gasteiger charge is -2.13.